The average Bonchev–Trinajstić information content (AvgIpc) is 2.39. The van der Waals surface area contributed by atoms with Crippen LogP contribution in [0.1, 0.15) is 56.6 Å². The zero-order valence-electron chi connectivity index (χ0n) is 11.5. The quantitative estimate of drug-likeness (QED) is 0.792. The van der Waals surface area contributed by atoms with Crippen LogP contribution in [0.3, 0.4) is 0 Å². The van der Waals surface area contributed by atoms with Crippen molar-refractivity contribution in [3.05, 3.63) is 35.4 Å². The normalized spacial score (nSPS) is 36.1. The van der Waals surface area contributed by atoms with Crippen LogP contribution in [0.15, 0.2) is 24.3 Å². The van der Waals surface area contributed by atoms with Gasteiger partial charge >= 0.3 is 0 Å². The molecule has 0 bridgehead atoms. The fraction of sp³-hybridized carbons (Fsp3) is 0.647. The van der Waals surface area contributed by atoms with Gasteiger partial charge < -0.3 is 5.73 Å². The third-order valence-corrected chi connectivity index (χ3v) is 5.22. The van der Waals surface area contributed by atoms with Gasteiger partial charge in [0, 0.05) is 5.54 Å². The summed E-state index contributed by atoms with van der Waals surface area (Å²) in [6.07, 6.45) is 9.08. The summed E-state index contributed by atoms with van der Waals surface area (Å²) in [5, 5.41) is 0. The molecule has 2 N–H and O–H groups in total. The Hall–Kier alpha value is -0.820. The van der Waals surface area contributed by atoms with Crippen LogP contribution in [0.2, 0.25) is 0 Å². The summed E-state index contributed by atoms with van der Waals surface area (Å²) in [6, 6.07) is 8.89. The van der Waals surface area contributed by atoms with Crippen molar-refractivity contribution in [2.75, 3.05) is 0 Å². The molecule has 0 amide bonds. The molecular weight excluding hydrogens is 218 g/mol. The molecule has 2 aliphatic carbocycles. The Morgan fingerprint density at radius 1 is 1.17 bits per heavy atom. The molecule has 98 valence electrons. The first-order valence-corrected chi connectivity index (χ1v) is 7.57. The molecule has 1 aromatic carbocycles. The van der Waals surface area contributed by atoms with Crippen molar-refractivity contribution in [3.63, 3.8) is 0 Å². The molecule has 1 heteroatoms. The summed E-state index contributed by atoms with van der Waals surface area (Å²) in [5.74, 6) is 1.56. The molecular formula is C17H25N. The van der Waals surface area contributed by atoms with Gasteiger partial charge in [0.25, 0.3) is 0 Å². The Kier molecular flexibility index (Phi) is 3.19. The lowest BCUT2D eigenvalue weighted by molar-refractivity contribution is 0.152. The molecule has 0 aromatic heterocycles. The average molecular weight is 243 g/mol. The minimum Gasteiger partial charge on any atom is -0.321 e. The van der Waals surface area contributed by atoms with Gasteiger partial charge in [-0.1, -0.05) is 44.0 Å². The van der Waals surface area contributed by atoms with E-state index in [1.807, 2.05) is 0 Å². The van der Waals surface area contributed by atoms with E-state index < -0.39 is 0 Å². The Bertz CT molecular complexity index is 425. The molecule has 0 saturated heterocycles. The van der Waals surface area contributed by atoms with Gasteiger partial charge in [-0.05, 0) is 55.1 Å². The number of benzene rings is 1. The number of hydrogen-bond acceptors (Lipinski definition) is 1. The fourth-order valence-electron chi connectivity index (χ4n) is 4.22. The molecule has 1 saturated carbocycles. The van der Waals surface area contributed by atoms with E-state index in [-0.39, 0.29) is 5.54 Å². The van der Waals surface area contributed by atoms with Crippen LogP contribution >= 0.6 is 0 Å². The summed E-state index contributed by atoms with van der Waals surface area (Å²) in [6.45, 7) is 2.39. The van der Waals surface area contributed by atoms with Crippen LogP contribution in [0, 0.1) is 11.8 Å². The summed E-state index contributed by atoms with van der Waals surface area (Å²) >= 11 is 0. The molecule has 0 spiro atoms. The maximum atomic E-state index is 6.91. The number of hydrogen-bond donors (Lipinski definition) is 1. The van der Waals surface area contributed by atoms with Crippen LogP contribution in [-0.4, -0.2) is 0 Å². The van der Waals surface area contributed by atoms with Crippen molar-refractivity contribution in [2.45, 2.75) is 57.4 Å². The molecule has 3 unspecified atom stereocenters. The van der Waals surface area contributed by atoms with Gasteiger partial charge in [-0.2, -0.15) is 0 Å². The lowest BCUT2D eigenvalue weighted by Gasteiger charge is -2.45. The first kappa shape index (κ1) is 12.2. The van der Waals surface area contributed by atoms with E-state index in [1.165, 1.54) is 56.1 Å². The first-order valence-electron chi connectivity index (χ1n) is 7.57. The lowest BCUT2D eigenvalue weighted by atomic mass is 9.64. The summed E-state index contributed by atoms with van der Waals surface area (Å²) < 4.78 is 0. The third kappa shape index (κ3) is 1.99. The van der Waals surface area contributed by atoms with Gasteiger partial charge in [0.1, 0.15) is 0 Å². The van der Waals surface area contributed by atoms with Crippen LogP contribution in [0.5, 0.6) is 0 Å². The van der Waals surface area contributed by atoms with Crippen molar-refractivity contribution in [1.29, 1.82) is 0 Å². The summed E-state index contributed by atoms with van der Waals surface area (Å²) in [4.78, 5) is 0. The second-order valence-electron chi connectivity index (χ2n) is 6.52. The third-order valence-electron chi connectivity index (χ3n) is 5.22. The van der Waals surface area contributed by atoms with Crippen molar-refractivity contribution >= 4 is 0 Å². The molecule has 1 nitrogen and oxygen atoms in total. The monoisotopic (exact) mass is 243 g/mol. The van der Waals surface area contributed by atoms with Crippen LogP contribution in [0.25, 0.3) is 0 Å². The topological polar surface area (TPSA) is 26.0 Å². The summed E-state index contributed by atoms with van der Waals surface area (Å²) in [7, 11) is 0. The smallest absolute Gasteiger partial charge is 0.0441 e. The van der Waals surface area contributed by atoms with Gasteiger partial charge in [0.05, 0.1) is 0 Å². The van der Waals surface area contributed by atoms with Crippen LogP contribution < -0.4 is 5.73 Å². The number of fused-ring (bicyclic) bond motifs is 1. The highest BCUT2D eigenvalue weighted by molar-refractivity contribution is 5.36. The maximum absolute atomic E-state index is 6.91. The SMILES string of the molecule is CC1CCCC(C2(N)CCCc3ccccc32)C1. The molecule has 0 heterocycles. The predicted octanol–water partition coefficient (Wildman–Crippen LogP) is 4.00. The van der Waals surface area contributed by atoms with E-state index in [0.29, 0.717) is 5.92 Å². The van der Waals surface area contributed by atoms with Crippen LogP contribution in [-0.2, 0) is 12.0 Å². The molecule has 1 aromatic rings. The van der Waals surface area contributed by atoms with Gasteiger partial charge in [0.2, 0.25) is 0 Å². The Balaban J connectivity index is 1.95. The zero-order chi connectivity index (χ0) is 12.6. The van der Waals surface area contributed by atoms with E-state index in [4.69, 9.17) is 5.73 Å². The van der Waals surface area contributed by atoms with Crippen molar-refractivity contribution < 1.29 is 0 Å². The molecule has 0 radical (unpaired) electrons. The van der Waals surface area contributed by atoms with E-state index in [1.54, 1.807) is 0 Å². The Labute approximate surface area is 111 Å². The molecule has 18 heavy (non-hydrogen) atoms. The first-order chi connectivity index (χ1) is 8.70. The fourth-order valence-corrected chi connectivity index (χ4v) is 4.22. The van der Waals surface area contributed by atoms with E-state index in [9.17, 15) is 0 Å². The lowest BCUT2D eigenvalue weighted by Crippen LogP contribution is -2.48. The standard InChI is InChI=1S/C17H25N/c1-13-6-4-9-15(12-13)17(18)11-5-8-14-7-2-3-10-16(14)17/h2-3,7,10,13,15H,4-6,8-9,11-12,18H2,1H3. The van der Waals surface area contributed by atoms with Gasteiger partial charge in [-0.25, -0.2) is 0 Å². The second-order valence-corrected chi connectivity index (χ2v) is 6.52. The van der Waals surface area contributed by atoms with Crippen molar-refractivity contribution in [2.24, 2.45) is 17.6 Å². The predicted molar refractivity (Wildman–Crippen MR) is 76.4 cm³/mol. The van der Waals surface area contributed by atoms with Crippen molar-refractivity contribution in [1.82, 2.24) is 0 Å². The molecule has 3 rings (SSSR count). The van der Waals surface area contributed by atoms with Gasteiger partial charge in [-0.3, -0.25) is 0 Å². The van der Waals surface area contributed by atoms with E-state index in [0.717, 1.165) is 5.92 Å². The number of rotatable bonds is 1. The molecule has 0 aliphatic heterocycles. The van der Waals surface area contributed by atoms with Crippen molar-refractivity contribution in [3.8, 4) is 0 Å². The highest BCUT2D eigenvalue weighted by atomic mass is 14.8. The van der Waals surface area contributed by atoms with E-state index >= 15 is 0 Å². The zero-order valence-corrected chi connectivity index (χ0v) is 11.5. The number of nitrogens with two attached hydrogens (primary N) is 1. The molecule has 1 fully saturated rings. The van der Waals surface area contributed by atoms with Crippen LogP contribution in [0.4, 0.5) is 0 Å². The Morgan fingerprint density at radius 3 is 2.83 bits per heavy atom. The highest BCUT2D eigenvalue weighted by Gasteiger charge is 2.40. The maximum Gasteiger partial charge on any atom is 0.0441 e. The molecule has 3 atom stereocenters. The minimum absolute atomic E-state index is 0.0382. The van der Waals surface area contributed by atoms with E-state index in [2.05, 4.69) is 31.2 Å². The second kappa shape index (κ2) is 4.70. The number of aryl methyl sites for hydroxylation is 1. The minimum atomic E-state index is -0.0382. The molecule has 2 aliphatic rings. The van der Waals surface area contributed by atoms with Gasteiger partial charge in [-0.15, -0.1) is 0 Å². The summed E-state index contributed by atoms with van der Waals surface area (Å²) in [5.41, 5.74) is 9.83. The highest BCUT2D eigenvalue weighted by Crippen LogP contribution is 2.45. The van der Waals surface area contributed by atoms with Gasteiger partial charge in [0.15, 0.2) is 0 Å². The largest absolute Gasteiger partial charge is 0.321 e. The Morgan fingerprint density at radius 2 is 2.00 bits per heavy atom.